The lowest BCUT2D eigenvalue weighted by atomic mass is 9.71. The molecule has 1 aliphatic carbocycles. The van der Waals surface area contributed by atoms with E-state index in [1.165, 1.54) is 25.9 Å². The number of carbonyl (C=O) groups excluding carboxylic acids is 2. The molecule has 1 unspecified atom stereocenters. The number of hydrogen-bond acceptors (Lipinski definition) is 9. The number of ether oxygens (including phenoxy) is 2. The number of aliphatic imine (C=N–C) groups is 1. The largest absolute Gasteiger partial charge is 0.491 e. The molecule has 264 valence electrons. The molecule has 2 amide bonds. The molecule has 2 aromatic rings. The van der Waals surface area contributed by atoms with Gasteiger partial charge in [-0.2, -0.15) is 0 Å². The molecule has 5 atom stereocenters. The zero-order valence-electron chi connectivity index (χ0n) is 28.3. The molecule has 49 heavy (non-hydrogen) atoms. The summed E-state index contributed by atoms with van der Waals surface area (Å²) in [6.07, 6.45) is 9.46. The van der Waals surface area contributed by atoms with Crippen molar-refractivity contribution < 1.29 is 28.4 Å². The van der Waals surface area contributed by atoms with Crippen molar-refractivity contribution in [3.05, 3.63) is 81.7 Å². The smallest absolute Gasteiger partial charge is 0.286 e. The van der Waals surface area contributed by atoms with Crippen molar-refractivity contribution >= 4 is 45.2 Å². The van der Waals surface area contributed by atoms with Gasteiger partial charge in [0.15, 0.2) is 5.88 Å². The number of hydrogen-bond donors (Lipinski definition) is 3. The SMILES string of the molecule is CN=CC(C(=O)NS1(=O)=NC(=O)c2ccc3c(c2)N(Cc2ccc(Cl)cc2CCCCO3)C[C@@H]2CC[C@H]2C/C=C/[C@H](O)[C@H](C)C1)=C(N)OC. The first kappa shape index (κ1) is 36.4. The van der Waals surface area contributed by atoms with E-state index in [0.29, 0.717) is 35.8 Å². The van der Waals surface area contributed by atoms with Gasteiger partial charge >= 0.3 is 0 Å². The van der Waals surface area contributed by atoms with Gasteiger partial charge in [0.25, 0.3) is 11.8 Å². The predicted molar refractivity (Wildman–Crippen MR) is 193 cm³/mol. The molecule has 2 aromatic carbocycles. The van der Waals surface area contributed by atoms with Gasteiger partial charge < -0.3 is 25.2 Å². The van der Waals surface area contributed by atoms with Crippen LogP contribution in [-0.4, -0.2) is 66.5 Å². The number of aliphatic hydroxyl groups excluding tert-OH is 1. The van der Waals surface area contributed by atoms with Crippen molar-refractivity contribution in [1.82, 2.24) is 4.72 Å². The molecule has 4 N–H and O–H groups in total. The van der Waals surface area contributed by atoms with Crippen molar-refractivity contribution in [2.45, 2.75) is 58.1 Å². The number of aliphatic hydroxyl groups is 1. The van der Waals surface area contributed by atoms with Gasteiger partial charge in [0.2, 0.25) is 0 Å². The standard InChI is InChI=1S/C36H46ClN5O6S/c1-23-22-49(46,41-36(45)30(19-39-2)34(38)47-3)40-35(44)26-13-15-33-31(18-26)42(20-27-11-10-24(27)8-6-9-32(23)43)21-28-12-14-29(37)17-25(28)7-4-5-16-48-33/h6,9,12-15,17-19,23-24,27,32,43H,4-5,7-8,10-11,16,20-22,38H2,1-3H3,(H,40,41,44,45,46)/b9-6+,34-30?,39-19?/t23-,24-,27+,32+,49?/m1/s1. The molecule has 1 saturated carbocycles. The summed E-state index contributed by atoms with van der Waals surface area (Å²) in [4.78, 5) is 33.4. The van der Waals surface area contributed by atoms with Gasteiger partial charge in [-0.25, -0.2) is 4.21 Å². The summed E-state index contributed by atoms with van der Waals surface area (Å²) >= 11 is 6.43. The molecule has 0 saturated heterocycles. The van der Waals surface area contributed by atoms with Crippen LogP contribution in [0, 0.1) is 17.8 Å². The van der Waals surface area contributed by atoms with Gasteiger partial charge in [-0.1, -0.05) is 36.7 Å². The van der Waals surface area contributed by atoms with Crippen LogP contribution >= 0.6 is 11.6 Å². The van der Waals surface area contributed by atoms with Crippen molar-refractivity contribution in [3.63, 3.8) is 0 Å². The van der Waals surface area contributed by atoms with Gasteiger partial charge in [0.05, 0.1) is 31.3 Å². The number of benzene rings is 2. The Morgan fingerprint density at radius 2 is 2.00 bits per heavy atom. The monoisotopic (exact) mass is 711 g/mol. The highest BCUT2D eigenvalue weighted by Crippen LogP contribution is 2.41. The number of amides is 2. The number of halogens is 1. The molecule has 0 aromatic heterocycles. The fourth-order valence-electron chi connectivity index (χ4n) is 6.53. The number of nitrogens with zero attached hydrogens (tertiary/aromatic N) is 3. The third kappa shape index (κ3) is 9.03. The average molecular weight is 712 g/mol. The summed E-state index contributed by atoms with van der Waals surface area (Å²) in [6.45, 7) is 3.51. The van der Waals surface area contributed by atoms with Gasteiger partial charge in [0, 0.05) is 36.9 Å². The molecule has 1 fully saturated rings. The van der Waals surface area contributed by atoms with Crippen LogP contribution in [0.4, 0.5) is 5.69 Å². The zero-order valence-corrected chi connectivity index (χ0v) is 29.8. The second-order valence-electron chi connectivity index (χ2n) is 13.0. The van der Waals surface area contributed by atoms with Crippen LogP contribution in [0.3, 0.4) is 0 Å². The molecule has 2 heterocycles. The highest BCUT2D eigenvalue weighted by molar-refractivity contribution is 7.92. The summed E-state index contributed by atoms with van der Waals surface area (Å²) in [5.74, 6) is -1.37. The van der Waals surface area contributed by atoms with E-state index in [1.807, 2.05) is 18.2 Å². The van der Waals surface area contributed by atoms with Crippen molar-refractivity contribution in [1.29, 1.82) is 0 Å². The lowest BCUT2D eigenvalue weighted by Gasteiger charge is -2.41. The fourth-order valence-corrected chi connectivity index (χ4v) is 8.61. The Hall–Kier alpha value is -3.87. The molecule has 2 bridgehead atoms. The number of nitrogens with one attached hydrogen (secondary N) is 1. The van der Waals surface area contributed by atoms with E-state index < -0.39 is 33.8 Å². The van der Waals surface area contributed by atoms with E-state index >= 15 is 0 Å². The Labute approximate surface area is 293 Å². The number of methoxy groups -OCH3 is 1. The van der Waals surface area contributed by atoms with E-state index in [0.717, 1.165) is 56.3 Å². The minimum absolute atomic E-state index is 0.177. The first-order valence-electron chi connectivity index (χ1n) is 16.7. The Morgan fingerprint density at radius 3 is 2.73 bits per heavy atom. The van der Waals surface area contributed by atoms with Crippen LogP contribution in [0.15, 0.2) is 69.4 Å². The third-order valence-corrected chi connectivity index (χ3v) is 11.7. The van der Waals surface area contributed by atoms with Crippen LogP contribution in [-0.2, 0) is 32.4 Å². The average Bonchev–Trinajstić information content (AvgIpc) is 3.09. The Morgan fingerprint density at radius 1 is 1.20 bits per heavy atom. The van der Waals surface area contributed by atoms with Crippen molar-refractivity contribution in [3.8, 4) is 5.75 Å². The Bertz CT molecular complexity index is 1770. The third-order valence-electron chi connectivity index (χ3n) is 9.52. The van der Waals surface area contributed by atoms with Crippen LogP contribution < -0.4 is 20.1 Å². The molecule has 2 aliphatic heterocycles. The van der Waals surface area contributed by atoms with Crippen molar-refractivity contribution in [2.75, 3.05) is 38.0 Å². The number of aryl methyl sites for hydroxylation is 1. The number of anilines is 1. The zero-order chi connectivity index (χ0) is 35.1. The second kappa shape index (κ2) is 16.2. The summed E-state index contributed by atoms with van der Waals surface area (Å²) in [6, 6.07) is 11.1. The number of rotatable bonds is 4. The minimum Gasteiger partial charge on any atom is -0.491 e. The topological polar surface area (TPSA) is 156 Å². The van der Waals surface area contributed by atoms with Gasteiger partial charge in [-0.15, -0.1) is 4.36 Å². The lowest BCUT2D eigenvalue weighted by molar-refractivity contribution is -0.115. The van der Waals surface area contributed by atoms with Crippen LogP contribution in [0.1, 0.15) is 60.5 Å². The summed E-state index contributed by atoms with van der Waals surface area (Å²) < 4.78 is 32.4. The van der Waals surface area contributed by atoms with E-state index in [1.54, 1.807) is 31.2 Å². The van der Waals surface area contributed by atoms with Gasteiger partial charge in [-0.05, 0) is 97.7 Å². The Kier molecular flexibility index (Phi) is 12.1. The molecular weight excluding hydrogens is 666 g/mol. The maximum atomic E-state index is 14.5. The first-order valence-corrected chi connectivity index (χ1v) is 18.8. The van der Waals surface area contributed by atoms with Crippen LogP contribution in [0.25, 0.3) is 0 Å². The predicted octanol–water partition coefficient (Wildman–Crippen LogP) is 5.20. The van der Waals surface area contributed by atoms with Gasteiger partial charge in [-0.3, -0.25) is 19.3 Å². The van der Waals surface area contributed by atoms with Crippen LogP contribution in [0.5, 0.6) is 5.75 Å². The molecule has 3 aliphatic rings. The molecule has 13 heteroatoms. The number of nitrogens with two attached hydrogens (primary N) is 1. The molecule has 0 spiro atoms. The normalized spacial score (nSPS) is 27.5. The maximum Gasteiger partial charge on any atom is 0.286 e. The van der Waals surface area contributed by atoms with E-state index in [4.69, 9.17) is 26.8 Å². The van der Waals surface area contributed by atoms with Gasteiger partial charge in [0.1, 0.15) is 21.2 Å². The molecule has 0 radical (unpaired) electrons. The number of allylic oxidation sites excluding steroid dienone is 1. The summed E-state index contributed by atoms with van der Waals surface area (Å²) in [5.41, 5.74) is 8.97. The van der Waals surface area contributed by atoms with E-state index in [-0.39, 0.29) is 22.8 Å². The quantitative estimate of drug-likeness (QED) is 0.169. The first-order chi connectivity index (χ1) is 23.5. The van der Waals surface area contributed by atoms with E-state index in [2.05, 4.69) is 25.0 Å². The molecular formula is C36H46ClN5O6S. The number of carbonyl (C=O) groups is 2. The van der Waals surface area contributed by atoms with Crippen molar-refractivity contribution in [2.24, 2.45) is 32.8 Å². The fraction of sp³-hybridized carbons (Fsp3) is 0.472. The second-order valence-corrected chi connectivity index (χ2v) is 15.5. The maximum absolute atomic E-state index is 14.5. The minimum atomic E-state index is -3.80. The molecule has 5 rings (SSSR count). The Balaban J connectivity index is 1.63. The molecule has 11 nitrogen and oxygen atoms in total. The van der Waals surface area contributed by atoms with Crippen LogP contribution in [0.2, 0.25) is 5.02 Å². The summed E-state index contributed by atoms with van der Waals surface area (Å²) in [7, 11) is -1.07. The van der Waals surface area contributed by atoms with E-state index in [9.17, 15) is 18.9 Å². The number of fused-ring (bicyclic) bond motifs is 3. The highest BCUT2D eigenvalue weighted by atomic mass is 35.5. The lowest BCUT2D eigenvalue weighted by Crippen LogP contribution is -2.39. The highest BCUT2D eigenvalue weighted by Gasteiger charge is 2.33. The summed E-state index contributed by atoms with van der Waals surface area (Å²) in [5, 5.41) is 11.7.